The molecule has 2 heterocycles. The van der Waals surface area contributed by atoms with Gasteiger partial charge in [-0.25, -0.2) is 0 Å². The van der Waals surface area contributed by atoms with Crippen LogP contribution in [-0.2, 0) is 19.1 Å². The normalized spacial score (nSPS) is 18.6. The molecule has 112 valence electrons. The van der Waals surface area contributed by atoms with Gasteiger partial charge >= 0.3 is 6.18 Å². The van der Waals surface area contributed by atoms with Crippen LogP contribution >= 0.6 is 0 Å². The summed E-state index contributed by atoms with van der Waals surface area (Å²) in [5.74, 6) is 0.924. The summed E-state index contributed by atoms with van der Waals surface area (Å²) in [7, 11) is 0. The molecule has 1 unspecified atom stereocenters. The number of rotatable bonds is 2. The van der Waals surface area contributed by atoms with Gasteiger partial charge in [0.1, 0.15) is 5.82 Å². The molecule has 0 aliphatic carbocycles. The molecule has 3 rings (SSSR count). The first-order valence-corrected chi connectivity index (χ1v) is 6.70. The van der Waals surface area contributed by atoms with Gasteiger partial charge in [0.05, 0.1) is 5.56 Å². The second-order valence-electron chi connectivity index (χ2n) is 5.18. The van der Waals surface area contributed by atoms with Crippen LogP contribution in [0.15, 0.2) is 24.3 Å². The minimum atomic E-state index is -4.44. The monoisotopic (exact) mass is 297 g/mol. The molecular weight excluding hydrogens is 283 g/mol. The maximum Gasteiger partial charge on any atom is 0.417 e. The van der Waals surface area contributed by atoms with Gasteiger partial charge in [-0.05, 0) is 12.5 Å². The molecule has 0 saturated carbocycles. The number of nitrogens with zero attached hydrogens (tertiary/aromatic N) is 3. The van der Waals surface area contributed by atoms with Crippen LogP contribution in [-0.4, -0.2) is 26.5 Å². The van der Waals surface area contributed by atoms with E-state index in [0.29, 0.717) is 18.8 Å². The van der Waals surface area contributed by atoms with Crippen LogP contribution in [0, 0.1) is 5.92 Å². The first-order valence-electron chi connectivity index (χ1n) is 6.70. The Morgan fingerprint density at radius 1 is 1.24 bits per heavy atom. The van der Waals surface area contributed by atoms with Gasteiger partial charge in [0.25, 0.3) is 0 Å². The molecule has 1 aliphatic rings. The number of aryl methyl sites for hydroxylation is 1. The lowest BCUT2D eigenvalue weighted by molar-refractivity contribution is -0.137. The number of alkyl halides is 3. The Morgan fingerprint density at radius 2 is 2.00 bits per heavy atom. The topological polar surface area (TPSA) is 50.9 Å². The van der Waals surface area contributed by atoms with Crippen molar-refractivity contribution < 1.29 is 18.3 Å². The summed E-state index contributed by atoms with van der Waals surface area (Å²) in [5.41, 5.74) is -0.686. The molecule has 1 atom stereocenters. The van der Waals surface area contributed by atoms with Crippen LogP contribution in [0.3, 0.4) is 0 Å². The minimum Gasteiger partial charge on any atom is -0.396 e. The quantitative estimate of drug-likeness (QED) is 0.926. The zero-order valence-corrected chi connectivity index (χ0v) is 11.1. The van der Waals surface area contributed by atoms with Gasteiger partial charge in [0, 0.05) is 31.1 Å². The first kappa shape index (κ1) is 14.1. The molecule has 0 saturated heterocycles. The standard InChI is InChI=1S/C14H14F3N3O/c15-14(16,17)11-4-2-1-3-10(11)13-19-18-12-6-5-9(8-21)7-20(12)13/h1-4,9,21H,5-8H2. The van der Waals surface area contributed by atoms with E-state index in [-0.39, 0.29) is 23.9 Å². The summed E-state index contributed by atoms with van der Waals surface area (Å²) >= 11 is 0. The molecule has 4 nitrogen and oxygen atoms in total. The van der Waals surface area contributed by atoms with E-state index in [1.54, 1.807) is 10.6 Å². The minimum absolute atomic E-state index is 0.0119. The zero-order chi connectivity index (χ0) is 15.0. The van der Waals surface area contributed by atoms with Crippen molar-refractivity contribution in [2.45, 2.75) is 25.6 Å². The fraction of sp³-hybridized carbons (Fsp3) is 0.429. The van der Waals surface area contributed by atoms with Gasteiger partial charge in [-0.1, -0.05) is 18.2 Å². The number of aliphatic hydroxyl groups excluding tert-OH is 1. The molecule has 0 radical (unpaired) electrons. The van der Waals surface area contributed by atoms with Crippen molar-refractivity contribution in [1.82, 2.24) is 14.8 Å². The summed E-state index contributed by atoms with van der Waals surface area (Å²) in [6.45, 7) is 0.457. The average Bonchev–Trinajstić information content (AvgIpc) is 2.89. The molecule has 0 fully saturated rings. The Balaban J connectivity index is 2.09. The first-order chi connectivity index (χ1) is 10.0. The van der Waals surface area contributed by atoms with E-state index in [2.05, 4.69) is 10.2 Å². The second-order valence-corrected chi connectivity index (χ2v) is 5.18. The Hall–Kier alpha value is -1.89. The number of aromatic nitrogens is 3. The van der Waals surface area contributed by atoms with Crippen LogP contribution in [0.1, 0.15) is 17.8 Å². The number of hydrogen-bond acceptors (Lipinski definition) is 3. The van der Waals surface area contributed by atoms with Crippen molar-refractivity contribution in [3.8, 4) is 11.4 Å². The van der Waals surface area contributed by atoms with Crippen molar-refractivity contribution in [3.63, 3.8) is 0 Å². The highest BCUT2D eigenvalue weighted by atomic mass is 19.4. The Bertz CT molecular complexity index is 651. The third-order valence-electron chi connectivity index (χ3n) is 3.78. The van der Waals surface area contributed by atoms with Crippen molar-refractivity contribution in [1.29, 1.82) is 0 Å². The molecule has 0 amide bonds. The number of fused-ring (bicyclic) bond motifs is 1. The third-order valence-corrected chi connectivity index (χ3v) is 3.78. The Morgan fingerprint density at radius 3 is 2.71 bits per heavy atom. The lowest BCUT2D eigenvalue weighted by atomic mass is 9.99. The average molecular weight is 297 g/mol. The predicted octanol–water partition coefficient (Wildman–Crippen LogP) is 2.52. The molecule has 21 heavy (non-hydrogen) atoms. The largest absolute Gasteiger partial charge is 0.417 e. The summed E-state index contributed by atoms with van der Waals surface area (Å²) in [6, 6.07) is 5.36. The van der Waals surface area contributed by atoms with Crippen LogP contribution < -0.4 is 0 Å². The number of aliphatic hydroxyl groups is 1. The van der Waals surface area contributed by atoms with E-state index in [0.717, 1.165) is 12.5 Å². The van der Waals surface area contributed by atoms with E-state index in [1.807, 2.05) is 0 Å². The number of halogens is 3. The summed E-state index contributed by atoms with van der Waals surface area (Å²) < 4.78 is 41.0. The van der Waals surface area contributed by atoms with Crippen LogP contribution in [0.4, 0.5) is 13.2 Å². The maximum atomic E-state index is 13.1. The fourth-order valence-corrected chi connectivity index (χ4v) is 2.67. The SMILES string of the molecule is OCC1CCc2nnc(-c3ccccc3C(F)(F)F)n2C1. The van der Waals surface area contributed by atoms with Crippen LogP contribution in [0.2, 0.25) is 0 Å². The van der Waals surface area contributed by atoms with E-state index >= 15 is 0 Å². The molecule has 1 N–H and O–H groups in total. The van der Waals surface area contributed by atoms with Gasteiger partial charge in [0.2, 0.25) is 0 Å². The van der Waals surface area contributed by atoms with E-state index in [9.17, 15) is 18.3 Å². The van der Waals surface area contributed by atoms with Crippen molar-refractivity contribution in [3.05, 3.63) is 35.7 Å². The molecule has 7 heteroatoms. The predicted molar refractivity (Wildman–Crippen MR) is 69.4 cm³/mol. The Kier molecular flexibility index (Phi) is 3.44. The smallest absolute Gasteiger partial charge is 0.396 e. The second kappa shape index (κ2) is 5.14. The highest BCUT2D eigenvalue weighted by molar-refractivity contribution is 5.61. The lowest BCUT2D eigenvalue weighted by Crippen LogP contribution is -2.23. The highest BCUT2D eigenvalue weighted by Gasteiger charge is 2.35. The lowest BCUT2D eigenvalue weighted by Gasteiger charge is -2.23. The molecule has 0 spiro atoms. The van der Waals surface area contributed by atoms with Gasteiger partial charge in [-0.15, -0.1) is 10.2 Å². The number of hydrogen-bond donors (Lipinski definition) is 1. The summed E-state index contributed by atoms with van der Waals surface area (Å²) in [5, 5.41) is 17.2. The van der Waals surface area contributed by atoms with Crippen LogP contribution in [0.25, 0.3) is 11.4 Å². The van der Waals surface area contributed by atoms with Gasteiger partial charge in [0.15, 0.2) is 5.82 Å². The highest BCUT2D eigenvalue weighted by Crippen LogP contribution is 2.37. The van der Waals surface area contributed by atoms with E-state index < -0.39 is 11.7 Å². The molecule has 1 aliphatic heterocycles. The fourth-order valence-electron chi connectivity index (χ4n) is 2.67. The summed E-state index contributed by atoms with van der Waals surface area (Å²) in [6.07, 6.45) is -3.05. The third kappa shape index (κ3) is 2.53. The molecule has 1 aromatic carbocycles. The maximum absolute atomic E-state index is 13.1. The zero-order valence-electron chi connectivity index (χ0n) is 11.1. The molecular formula is C14H14F3N3O. The molecule has 0 bridgehead atoms. The summed E-state index contributed by atoms with van der Waals surface area (Å²) in [4.78, 5) is 0. The van der Waals surface area contributed by atoms with Crippen molar-refractivity contribution in [2.24, 2.45) is 5.92 Å². The van der Waals surface area contributed by atoms with Gasteiger partial charge < -0.3 is 9.67 Å². The Labute approximate surface area is 119 Å². The van der Waals surface area contributed by atoms with E-state index in [4.69, 9.17) is 0 Å². The van der Waals surface area contributed by atoms with Crippen molar-refractivity contribution in [2.75, 3.05) is 6.61 Å². The van der Waals surface area contributed by atoms with E-state index in [1.165, 1.54) is 12.1 Å². The van der Waals surface area contributed by atoms with Crippen molar-refractivity contribution >= 4 is 0 Å². The van der Waals surface area contributed by atoms with Crippen LogP contribution in [0.5, 0.6) is 0 Å². The van der Waals surface area contributed by atoms with Gasteiger partial charge in [-0.3, -0.25) is 0 Å². The molecule has 2 aromatic rings. The van der Waals surface area contributed by atoms with Gasteiger partial charge in [-0.2, -0.15) is 13.2 Å². The number of benzene rings is 1. The molecule has 1 aromatic heterocycles.